The van der Waals surface area contributed by atoms with Crippen LogP contribution in [0.4, 0.5) is 0 Å². The molecular weight excluding hydrogens is 311 g/mol. The van der Waals surface area contributed by atoms with Crippen LogP contribution in [0.3, 0.4) is 0 Å². The molecule has 0 radical (unpaired) electrons. The SMILES string of the molecule is O=C1CCCC=C1C1=C(c2ccccc2)[I+]1. The Morgan fingerprint density at radius 3 is 2.62 bits per heavy atom. The summed E-state index contributed by atoms with van der Waals surface area (Å²) >= 11 is 0.0214. The molecule has 0 unspecified atom stereocenters. The van der Waals surface area contributed by atoms with Gasteiger partial charge in [0.25, 0.3) is 7.16 Å². The quantitative estimate of drug-likeness (QED) is 0.708. The zero-order chi connectivity index (χ0) is 11.0. The highest BCUT2D eigenvalue weighted by atomic mass is 127. The van der Waals surface area contributed by atoms with Crippen molar-refractivity contribution in [3.63, 3.8) is 0 Å². The van der Waals surface area contributed by atoms with E-state index in [1.807, 2.05) is 6.07 Å². The van der Waals surface area contributed by atoms with Crippen LogP contribution < -0.4 is 21.2 Å². The fourth-order valence-corrected chi connectivity index (χ4v) is 4.46. The number of rotatable bonds is 2. The van der Waals surface area contributed by atoms with Crippen molar-refractivity contribution in [2.24, 2.45) is 0 Å². The van der Waals surface area contributed by atoms with Crippen LogP contribution in [-0.2, 0) is 4.79 Å². The zero-order valence-electron chi connectivity index (χ0n) is 8.87. The fraction of sp³-hybridized carbons (Fsp3) is 0.214. The summed E-state index contributed by atoms with van der Waals surface area (Å²) in [4.78, 5) is 11.8. The van der Waals surface area contributed by atoms with Gasteiger partial charge in [-0.2, -0.15) is 0 Å². The molecule has 2 aliphatic rings. The normalized spacial score (nSPS) is 19.8. The number of carbonyl (C=O) groups is 1. The number of hydrogen-bond donors (Lipinski definition) is 0. The lowest BCUT2D eigenvalue weighted by molar-refractivity contribution is -0.424. The first-order chi connectivity index (χ1) is 7.86. The molecule has 1 aliphatic heterocycles. The molecule has 0 atom stereocenters. The van der Waals surface area contributed by atoms with E-state index in [2.05, 4.69) is 30.3 Å². The summed E-state index contributed by atoms with van der Waals surface area (Å²) < 4.78 is 2.87. The van der Waals surface area contributed by atoms with E-state index in [1.165, 1.54) is 12.7 Å². The molecule has 1 aromatic carbocycles. The van der Waals surface area contributed by atoms with Crippen molar-refractivity contribution in [3.8, 4) is 0 Å². The van der Waals surface area contributed by atoms with E-state index >= 15 is 0 Å². The Bertz CT molecular complexity index is 497. The molecule has 1 aromatic rings. The lowest BCUT2D eigenvalue weighted by Crippen LogP contribution is -3.49. The molecule has 0 fully saturated rings. The van der Waals surface area contributed by atoms with Gasteiger partial charge in [0.2, 0.25) is 0 Å². The van der Waals surface area contributed by atoms with E-state index in [4.69, 9.17) is 0 Å². The van der Waals surface area contributed by atoms with Gasteiger partial charge in [-0.1, -0.05) is 36.4 Å². The lowest BCUT2D eigenvalue weighted by Gasteiger charge is -2.03. The number of carbonyl (C=O) groups excluding carboxylic acids is 1. The topological polar surface area (TPSA) is 17.1 Å². The second-order valence-corrected chi connectivity index (χ2v) is 6.72. The number of Topliss-reactive ketones (excluding diaryl/α,β-unsaturated/α-hetero) is 1. The molecule has 0 amide bonds. The standard InChI is InChI=1S/C14H12IO/c16-12-9-5-4-8-11(12)14-13(15-14)10-6-2-1-3-7-10/h1-3,6-8H,4-5,9H2/q+1. The molecule has 80 valence electrons. The Kier molecular flexibility index (Phi) is 2.67. The van der Waals surface area contributed by atoms with Gasteiger partial charge in [-0.3, -0.25) is 4.79 Å². The molecule has 0 N–H and O–H groups in total. The first-order valence-electron chi connectivity index (χ1n) is 5.54. The third kappa shape index (κ3) is 1.86. The first kappa shape index (κ1) is 10.3. The van der Waals surface area contributed by atoms with E-state index < -0.39 is 0 Å². The molecular formula is C14H12IO+. The molecule has 16 heavy (non-hydrogen) atoms. The van der Waals surface area contributed by atoms with Crippen LogP contribution >= 0.6 is 0 Å². The van der Waals surface area contributed by atoms with Crippen molar-refractivity contribution < 1.29 is 26.0 Å². The van der Waals surface area contributed by atoms with Crippen LogP contribution in [0.15, 0.2) is 45.6 Å². The molecule has 0 bridgehead atoms. The summed E-state index contributed by atoms with van der Waals surface area (Å²) in [6.07, 6.45) is 5.02. The third-order valence-corrected chi connectivity index (χ3v) is 5.69. The van der Waals surface area contributed by atoms with Crippen LogP contribution in [0.25, 0.3) is 3.58 Å². The molecule has 0 saturated carbocycles. The van der Waals surface area contributed by atoms with Crippen LogP contribution in [-0.4, -0.2) is 5.78 Å². The maximum atomic E-state index is 11.8. The Hall–Kier alpha value is -0.900. The Labute approximate surface area is 106 Å². The van der Waals surface area contributed by atoms with Gasteiger partial charge in [0.05, 0.1) is 5.57 Å². The zero-order valence-corrected chi connectivity index (χ0v) is 11.0. The van der Waals surface area contributed by atoms with Gasteiger partial charge in [-0.25, -0.2) is 0 Å². The van der Waals surface area contributed by atoms with E-state index in [0.29, 0.717) is 5.78 Å². The van der Waals surface area contributed by atoms with Gasteiger partial charge in [-0.15, -0.1) is 0 Å². The lowest BCUT2D eigenvalue weighted by atomic mass is 9.97. The van der Waals surface area contributed by atoms with Gasteiger partial charge in [-0.05, 0) is 12.8 Å². The summed E-state index contributed by atoms with van der Waals surface area (Å²) in [6.45, 7) is 0. The molecule has 3 rings (SSSR count). The summed E-state index contributed by atoms with van der Waals surface area (Å²) in [6, 6.07) is 10.5. The van der Waals surface area contributed by atoms with Crippen molar-refractivity contribution in [1.82, 2.24) is 0 Å². The highest BCUT2D eigenvalue weighted by Crippen LogP contribution is 2.24. The van der Waals surface area contributed by atoms with Gasteiger partial charge in [0, 0.05) is 12.0 Å². The summed E-state index contributed by atoms with van der Waals surface area (Å²) in [7, 11) is 0. The fourth-order valence-electron chi connectivity index (χ4n) is 1.98. The summed E-state index contributed by atoms with van der Waals surface area (Å²) in [5, 5.41) is 0. The number of ketones is 1. The molecule has 0 saturated heterocycles. The molecule has 2 heteroatoms. The number of benzene rings is 1. The van der Waals surface area contributed by atoms with E-state index in [-0.39, 0.29) is 21.2 Å². The van der Waals surface area contributed by atoms with Crippen LogP contribution in [0.2, 0.25) is 0 Å². The molecule has 1 heterocycles. The minimum atomic E-state index is 0.0214. The van der Waals surface area contributed by atoms with Gasteiger partial charge < -0.3 is 0 Å². The summed E-state index contributed by atoms with van der Waals surface area (Å²) in [5.74, 6) is 0.367. The van der Waals surface area contributed by atoms with E-state index in [1.54, 1.807) is 0 Å². The van der Waals surface area contributed by atoms with Crippen LogP contribution in [0.1, 0.15) is 24.8 Å². The predicted octanol–water partition coefficient (Wildman–Crippen LogP) is 0.137. The highest BCUT2D eigenvalue weighted by molar-refractivity contribution is 6.02. The minimum absolute atomic E-state index is 0.0214. The average molecular weight is 323 g/mol. The van der Waals surface area contributed by atoms with E-state index in [9.17, 15) is 4.79 Å². The molecule has 1 nitrogen and oxygen atoms in total. The second-order valence-electron chi connectivity index (χ2n) is 4.02. The van der Waals surface area contributed by atoms with Crippen molar-refractivity contribution in [2.75, 3.05) is 0 Å². The van der Waals surface area contributed by atoms with Crippen molar-refractivity contribution in [1.29, 1.82) is 0 Å². The first-order valence-corrected chi connectivity index (χ1v) is 7.70. The smallest absolute Gasteiger partial charge is 0.294 e. The molecule has 1 aliphatic carbocycles. The number of halogens is 1. The van der Waals surface area contributed by atoms with Crippen molar-refractivity contribution >= 4 is 9.36 Å². The van der Waals surface area contributed by atoms with Crippen molar-refractivity contribution in [3.05, 3.63) is 51.1 Å². The number of allylic oxidation sites excluding steroid dienone is 3. The van der Waals surface area contributed by atoms with Crippen molar-refractivity contribution in [2.45, 2.75) is 19.3 Å². The monoisotopic (exact) mass is 323 g/mol. The predicted molar refractivity (Wildman–Crippen MR) is 60.3 cm³/mol. The number of hydrogen-bond acceptors (Lipinski definition) is 1. The maximum absolute atomic E-state index is 11.8. The molecule has 0 aromatic heterocycles. The highest BCUT2D eigenvalue weighted by Gasteiger charge is 2.50. The second kappa shape index (κ2) is 4.17. The summed E-state index contributed by atoms with van der Waals surface area (Å²) in [5.41, 5.74) is 2.38. The van der Waals surface area contributed by atoms with Gasteiger partial charge >= 0.3 is 21.2 Å². The van der Waals surface area contributed by atoms with Crippen LogP contribution in [0.5, 0.6) is 0 Å². The molecule has 0 spiro atoms. The largest absolute Gasteiger partial charge is 0.369 e. The average Bonchev–Trinajstić information content (AvgIpc) is 3.11. The Morgan fingerprint density at radius 1 is 1.06 bits per heavy atom. The third-order valence-electron chi connectivity index (χ3n) is 2.87. The van der Waals surface area contributed by atoms with Gasteiger partial charge in [0.15, 0.2) is 5.78 Å². The van der Waals surface area contributed by atoms with E-state index in [0.717, 1.165) is 24.8 Å². The van der Waals surface area contributed by atoms with Crippen LogP contribution in [0, 0.1) is 0 Å². The minimum Gasteiger partial charge on any atom is -0.294 e. The Morgan fingerprint density at radius 2 is 1.88 bits per heavy atom. The maximum Gasteiger partial charge on any atom is 0.369 e. The Balaban J connectivity index is 1.92. The van der Waals surface area contributed by atoms with Gasteiger partial charge in [0.1, 0.15) is 0 Å².